The Bertz CT molecular complexity index is 179. The fraction of sp³-hybridized carbons (Fsp3) is 1.00. The number of rotatable bonds is 8. The molecule has 0 aromatic carbocycles. The third-order valence-corrected chi connectivity index (χ3v) is 3.73. The molecule has 1 unspecified atom stereocenters. The monoisotopic (exact) mass is 242 g/mol. The molecule has 1 aliphatic heterocycles. The first kappa shape index (κ1) is 14.9. The zero-order valence-electron chi connectivity index (χ0n) is 11.9. The van der Waals surface area contributed by atoms with Crippen molar-refractivity contribution in [1.82, 2.24) is 10.2 Å². The van der Waals surface area contributed by atoms with Crippen LogP contribution in [0.3, 0.4) is 0 Å². The number of likely N-dealkylation sites (tertiary alicyclic amines) is 1. The smallest absolute Gasteiger partial charge is 0.0491 e. The molecule has 1 heterocycles. The number of piperidine rings is 1. The molecule has 0 aromatic heterocycles. The van der Waals surface area contributed by atoms with Gasteiger partial charge in [-0.05, 0) is 64.7 Å². The SMILES string of the molecule is CCCNC(C)CCN1CCC(COC)CC1. The standard InChI is InChI=1S/C14H30N2O/c1-4-8-15-13(2)5-9-16-10-6-14(7-11-16)12-17-3/h13-15H,4-12H2,1-3H3. The molecule has 1 fully saturated rings. The van der Waals surface area contributed by atoms with Gasteiger partial charge in [-0.15, -0.1) is 0 Å². The molecule has 102 valence electrons. The first-order valence-corrected chi connectivity index (χ1v) is 7.21. The van der Waals surface area contributed by atoms with Gasteiger partial charge in [0.05, 0.1) is 0 Å². The Morgan fingerprint density at radius 2 is 2.06 bits per heavy atom. The highest BCUT2D eigenvalue weighted by Gasteiger charge is 2.18. The van der Waals surface area contributed by atoms with E-state index in [0.717, 1.165) is 19.1 Å². The van der Waals surface area contributed by atoms with Gasteiger partial charge in [0.2, 0.25) is 0 Å². The highest BCUT2D eigenvalue weighted by atomic mass is 16.5. The lowest BCUT2D eigenvalue weighted by atomic mass is 9.97. The molecule has 0 radical (unpaired) electrons. The lowest BCUT2D eigenvalue weighted by Gasteiger charge is -2.32. The molecule has 1 aliphatic rings. The van der Waals surface area contributed by atoms with Crippen LogP contribution in [0.15, 0.2) is 0 Å². The zero-order chi connectivity index (χ0) is 12.5. The average Bonchev–Trinajstić information content (AvgIpc) is 2.36. The second-order valence-electron chi connectivity index (χ2n) is 5.38. The summed E-state index contributed by atoms with van der Waals surface area (Å²) in [7, 11) is 1.81. The fourth-order valence-electron chi connectivity index (χ4n) is 2.48. The summed E-state index contributed by atoms with van der Waals surface area (Å²) in [6, 6.07) is 0.659. The minimum atomic E-state index is 0.659. The van der Waals surface area contributed by atoms with E-state index in [-0.39, 0.29) is 0 Å². The van der Waals surface area contributed by atoms with E-state index in [2.05, 4.69) is 24.1 Å². The van der Waals surface area contributed by atoms with E-state index >= 15 is 0 Å². The number of nitrogens with zero attached hydrogens (tertiary/aromatic N) is 1. The third kappa shape index (κ3) is 6.39. The van der Waals surface area contributed by atoms with Gasteiger partial charge in [0.25, 0.3) is 0 Å². The minimum absolute atomic E-state index is 0.659. The van der Waals surface area contributed by atoms with Crippen LogP contribution < -0.4 is 5.32 Å². The molecule has 0 saturated carbocycles. The van der Waals surface area contributed by atoms with E-state index in [1.54, 1.807) is 0 Å². The average molecular weight is 242 g/mol. The molecule has 1 N–H and O–H groups in total. The lowest BCUT2D eigenvalue weighted by molar-refractivity contribution is 0.0980. The molecular formula is C14H30N2O. The molecule has 3 nitrogen and oxygen atoms in total. The maximum atomic E-state index is 5.23. The van der Waals surface area contributed by atoms with E-state index < -0.39 is 0 Å². The Kier molecular flexibility index (Phi) is 7.82. The Hall–Kier alpha value is -0.120. The molecule has 0 spiro atoms. The normalized spacial score (nSPS) is 20.6. The van der Waals surface area contributed by atoms with E-state index in [4.69, 9.17) is 4.74 Å². The second-order valence-corrected chi connectivity index (χ2v) is 5.38. The summed E-state index contributed by atoms with van der Waals surface area (Å²) in [5.74, 6) is 0.798. The van der Waals surface area contributed by atoms with Gasteiger partial charge in [-0.2, -0.15) is 0 Å². The molecule has 1 saturated heterocycles. The highest BCUT2D eigenvalue weighted by molar-refractivity contribution is 4.73. The van der Waals surface area contributed by atoms with Crippen molar-refractivity contribution in [3.8, 4) is 0 Å². The van der Waals surface area contributed by atoms with Gasteiger partial charge < -0.3 is 15.0 Å². The molecule has 0 amide bonds. The largest absolute Gasteiger partial charge is 0.384 e. The van der Waals surface area contributed by atoms with E-state index in [9.17, 15) is 0 Å². The van der Waals surface area contributed by atoms with Crippen LogP contribution in [0.1, 0.15) is 39.5 Å². The molecule has 1 rings (SSSR count). The van der Waals surface area contributed by atoms with Crippen molar-refractivity contribution < 1.29 is 4.74 Å². The fourth-order valence-corrected chi connectivity index (χ4v) is 2.48. The number of methoxy groups -OCH3 is 1. The number of ether oxygens (including phenoxy) is 1. The summed E-state index contributed by atoms with van der Waals surface area (Å²) in [6.45, 7) is 10.4. The molecular weight excluding hydrogens is 212 g/mol. The van der Waals surface area contributed by atoms with Crippen LogP contribution in [0.25, 0.3) is 0 Å². The number of nitrogens with one attached hydrogen (secondary N) is 1. The van der Waals surface area contributed by atoms with Gasteiger partial charge in [0.15, 0.2) is 0 Å². The number of hydrogen-bond acceptors (Lipinski definition) is 3. The topological polar surface area (TPSA) is 24.5 Å². The van der Waals surface area contributed by atoms with Gasteiger partial charge in [0, 0.05) is 19.8 Å². The van der Waals surface area contributed by atoms with Gasteiger partial charge in [-0.1, -0.05) is 6.92 Å². The van der Waals surface area contributed by atoms with E-state index in [1.807, 2.05) is 7.11 Å². The first-order valence-electron chi connectivity index (χ1n) is 7.21. The maximum Gasteiger partial charge on any atom is 0.0491 e. The van der Waals surface area contributed by atoms with Crippen LogP contribution in [0.5, 0.6) is 0 Å². The van der Waals surface area contributed by atoms with Crippen LogP contribution in [-0.4, -0.2) is 50.8 Å². The van der Waals surface area contributed by atoms with Crippen LogP contribution in [0.2, 0.25) is 0 Å². The Morgan fingerprint density at radius 1 is 1.35 bits per heavy atom. The predicted octanol–water partition coefficient (Wildman–Crippen LogP) is 2.12. The minimum Gasteiger partial charge on any atom is -0.384 e. The Morgan fingerprint density at radius 3 is 2.65 bits per heavy atom. The quantitative estimate of drug-likeness (QED) is 0.705. The summed E-state index contributed by atoms with van der Waals surface area (Å²) in [6.07, 6.45) is 5.12. The van der Waals surface area contributed by atoms with Crippen LogP contribution >= 0.6 is 0 Å². The third-order valence-electron chi connectivity index (χ3n) is 3.73. The molecule has 0 aromatic rings. The number of hydrogen-bond donors (Lipinski definition) is 1. The van der Waals surface area contributed by atoms with Gasteiger partial charge in [0.1, 0.15) is 0 Å². The van der Waals surface area contributed by atoms with E-state index in [0.29, 0.717) is 6.04 Å². The Balaban J connectivity index is 2.05. The van der Waals surface area contributed by atoms with Gasteiger partial charge >= 0.3 is 0 Å². The molecule has 3 heteroatoms. The van der Waals surface area contributed by atoms with Crippen molar-refractivity contribution in [3.63, 3.8) is 0 Å². The van der Waals surface area contributed by atoms with Crippen molar-refractivity contribution in [1.29, 1.82) is 0 Å². The molecule has 0 aliphatic carbocycles. The van der Waals surface area contributed by atoms with Crippen molar-refractivity contribution in [2.45, 2.75) is 45.6 Å². The first-order chi connectivity index (χ1) is 8.26. The van der Waals surface area contributed by atoms with Crippen molar-refractivity contribution in [2.75, 3.05) is 39.9 Å². The zero-order valence-corrected chi connectivity index (χ0v) is 11.9. The Labute approximate surface area is 107 Å². The van der Waals surface area contributed by atoms with E-state index in [1.165, 1.54) is 45.3 Å². The molecule has 1 atom stereocenters. The summed E-state index contributed by atoms with van der Waals surface area (Å²) in [5.41, 5.74) is 0. The highest BCUT2D eigenvalue weighted by Crippen LogP contribution is 2.17. The van der Waals surface area contributed by atoms with Crippen LogP contribution in [0, 0.1) is 5.92 Å². The van der Waals surface area contributed by atoms with Crippen LogP contribution in [0.4, 0.5) is 0 Å². The van der Waals surface area contributed by atoms with Gasteiger partial charge in [-0.3, -0.25) is 0 Å². The van der Waals surface area contributed by atoms with Crippen molar-refractivity contribution in [2.24, 2.45) is 5.92 Å². The summed E-state index contributed by atoms with van der Waals surface area (Å²) >= 11 is 0. The van der Waals surface area contributed by atoms with Gasteiger partial charge in [-0.25, -0.2) is 0 Å². The molecule has 17 heavy (non-hydrogen) atoms. The maximum absolute atomic E-state index is 5.23. The predicted molar refractivity (Wildman–Crippen MR) is 73.4 cm³/mol. The lowest BCUT2D eigenvalue weighted by Crippen LogP contribution is -2.38. The summed E-state index contributed by atoms with van der Waals surface area (Å²) in [4.78, 5) is 2.61. The summed E-state index contributed by atoms with van der Waals surface area (Å²) in [5, 5.41) is 3.55. The summed E-state index contributed by atoms with van der Waals surface area (Å²) < 4.78 is 5.23. The van der Waals surface area contributed by atoms with Crippen LogP contribution in [-0.2, 0) is 4.74 Å². The second kappa shape index (κ2) is 8.90. The van der Waals surface area contributed by atoms with Crippen molar-refractivity contribution >= 4 is 0 Å². The van der Waals surface area contributed by atoms with Crippen molar-refractivity contribution in [3.05, 3.63) is 0 Å². The molecule has 0 bridgehead atoms.